The van der Waals surface area contributed by atoms with Crippen LogP contribution in [0.3, 0.4) is 0 Å². The van der Waals surface area contributed by atoms with Gasteiger partial charge in [0.2, 0.25) is 0 Å². The summed E-state index contributed by atoms with van der Waals surface area (Å²) in [4.78, 5) is 46.2. The molecule has 2 aromatic heterocycles. The summed E-state index contributed by atoms with van der Waals surface area (Å²) in [6.07, 6.45) is 7.69. The zero-order valence-electron chi connectivity index (χ0n) is 27.0. The van der Waals surface area contributed by atoms with Crippen LogP contribution in [0.1, 0.15) is 80.7 Å². The number of ketones is 1. The summed E-state index contributed by atoms with van der Waals surface area (Å²) >= 11 is 0. The summed E-state index contributed by atoms with van der Waals surface area (Å²) in [5, 5.41) is 4.54. The predicted molar refractivity (Wildman–Crippen MR) is 167 cm³/mol. The lowest BCUT2D eigenvalue weighted by molar-refractivity contribution is -0.268. The molecule has 1 aliphatic carbocycles. The van der Waals surface area contributed by atoms with Gasteiger partial charge in [-0.05, 0) is 62.8 Å². The van der Waals surface area contributed by atoms with E-state index >= 15 is 0 Å². The molecule has 0 amide bonds. The fourth-order valence-electron chi connectivity index (χ4n) is 5.63. The summed E-state index contributed by atoms with van der Waals surface area (Å²) in [5.74, 6) is 0.0336. The molecule has 0 radical (unpaired) electrons. The molecule has 10 nitrogen and oxygen atoms in total. The van der Waals surface area contributed by atoms with Crippen LogP contribution in [0.4, 0.5) is 5.69 Å². The second-order valence-electron chi connectivity index (χ2n) is 11.4. The van der Waals surface area contributed by atoms with Gasteiger partial charge in [0, 0.05) is 50.4 Å². The van der Waals surface area contributed by atoms with Gasteiger partial charge in [-0.3, -0.25) is 9.59 Å². The van der Waals surface area contributed by atoms with Crippen LogP contribution in [0.15, 0.2) is 24.3 Å². The predicted octanol–water partition coefficient (Wildman–Crippen LogP) is 5.44. The average molecular weight is 596 g/mol. The number of fused-ring (bicyclic) bond motifs is 1. The van der Waals surface area contributed by atoms with Gasteiger partial charge >= 0.3 is 5.97 Å². The van der Waals surface area contributed by atoms with E-state index < -0.39 is 11.9 Å². The third-order valence-electron chi connectivity index (χ3n) is 7.87. The van der Waals surface area contributed by atoms with E-state index in [0.717, 1.165) is 29.8 Å². The van der Waals surface area contributed by atoms with E-state index in [-0.39, 0.29) is 18.8 Å². The van der Waals surface area contributed by atoms with Gasteiger partial charge in [0.25, 0.3) is 5.78 Å². The Morgan fingerprint density at radius 3 is 2.47 bits per heavy atom. The van der Waals surface area contributed by atoms with Crippen molar-refractivity contribution in [3.8, 4) is 0 Å². The molecule has 0 spiro atoms. The van der Waals surface area contributed by atoms with Gasteiger partial charge in [-0.25, -0.2) is 19.3 Å². The number of hydrogen-bond donors (Lipinski definition) is 0. The molecular weight excluding hydrogens is 546 g/mol. The normalized spacial score (nSPS) is 13.9. The Morgan fingerprint density at radius 1 is 1.09 bits per heavy atom. The van der Waals surface area contributed by atoms with Crippen LogP contribution in [0.2, 0.25) is 0 Å². The number of nitrogens with zero attached hydrogens (tertiary/aromatic N) is 5. The van der Waals surface area contributed by atoms with E-state index in [4.69, 9.17) is 4.74 Å². The first-order chi connectivity index (χ1) is 20.7. The van der Waals surface area contributed by atoms with E-state index in [2.05, 4.69) is 54.9 Å². The molecule has 10 heteroatoms. The molecule has 1 aromatic carbocycles. The lowest BCUT2D eigenvalue weighted by atomic mass is 9.92. The van der Waals surface area contributed by atoms with Gasteiger partial charge in [0.15, 0.2) is 5.82 Å². The largest absolute Gasteiger partial charge is 0.465 e. The molecule has 1 unspecified atom stereocenters. The Hall–Kier alpha value is -3.37. The number of carbonyl (C=O) groups is 2. The first-order valence-electron chi connectivity index (χ1n) is 15.5. The Balaban J connectivity index is 0.000000934. The minimum Gasteiger partial charge on any atom is -0.465 e. The number of esters is 1. The minimum absolute atomic E-state index is 0.0785. The first kappa shape index (κ1) is 34.1. The fraction of sp³-hybridized carbons (Fsp3) is 0.606. The number of anilines is 1. The van der Waals surface area contributed by atoms with Crippen LogP contribution in [0.25, 0.3) is 5.78 Å². The molecule has 1 atom stereocenters. The Labute approximate surface area is 256 Å². The number of aromatic nitrogens is 4. The maximum Gasteiger partial charge on any atom is 0.316 e. The van der Waals surface area contributed by atoms with Crippen molar-refractivity contribution in [1.82, 2.24) is 19.6 Å². The lowest BCUT2D eigenvalue weighted by Gasteiger charge is -2.18. The van der Waals surface area contributed by atoms with Crippen molar-refractivity contribution in [3.05, 3.63) is 52.6 Å². The molecule has 1 fully saturated rings. The Morgan fingerprint density at radius 2 is 1.84 bits per heavy atom. The fourth-order valence-corrected chi connectivity index (χ4v) is 5.63. The van der Waals surface area contributed by atoms with Gasteiger partial charge in [-0.1, -0.05) is 44.7 Å². The molecule has 1 saturated carbocycles. The van der Waals surface area contributed by atoms with E-state index in [1.54, 1.807) is 4.52 Å². The topological polar surface area (TPSA) is 108 Å². The quantitative estimate of drug-likeness (QED) is 0.104. The summed E-state index contributed by atoms with van der Waals surface area (Å²) in [5.41, 5.74) is 5.33. The summed E-state index contributed by atoms with van der Waals surface area (Å²) in [6.45, 7) is 8.70. The molecule has 2 heterocycles. The van der Waals surface area contributed by atoms with Crippen molar-refractivity contribution in [2.24, 2.45) is 11.8 Å². The van der Waals surface area contributed by atoms with E-state index in [1.165, 1.54) is 44.0 Å². The van der Waals surface area contributed by atoms with Gasteiger partial charge in [0.05, 0.1) is 20.3 Å². The number of benzene rings is 1. The zero-order chi connectivity index (χ0) is 31.4. The third-order valence-corrected chi connectivity index (χ3v) is 7.87. The lowest BCUT2D eigenvalue weighted by Crippen LogP contribution is -2.29. The van der Waals surface area contributed by atoms with Crippen LogP contribution in [0.5, 0.6) is 0 Å². The van der Waals surface area contributed by atoms with Crippen molar-refractivity contribution in [3.63, 3.8) is 0 Å². The zero-order valence-corrected chi connectivity index (χ0v) is 27.0. The molecule has 43 heavy (non-hydrogen) atoms. The highest BCUT2D eigenvalue weighted by Crippen LogP contribution is 2.29. The van der Waals surface area contributed by atoms with E-state index in [0.29, 0.717) is 37.0 Å². The van der Waals surface area contributed by atoms with Crippen molar-refractivity contribution >= 4 is 23.2 Å². The number of Topliss-reactive ketones (excluding diaryl/α,β-unsaturated/α-hetero) is 1. The van der Waals surface area contributed by atoms with E-state index in [9.17, 15) is 9.59 Å². The number of carbonyl (C=O) groups excluding carboxylic acids is 2. The van der Waals surface area contributed by atoms with Crippen LogP contribution >= 0.6 is 0 Å². The number of hydrogen-bond acceptors (Lipinski definition) is 9. The smallest absolute Gasteiger partial charge is 0.316 e. The Bertz CT molecular complexity index is 1330. The number of rotatable bonds is 14. The Kier molecular flexibility index (Phi) is 13.5. The maximum atomic E-state index is 13.3. The summed E-state index contributed by atoms with van der Waals surface area (Å²) in [6, 6.07) is 8.28. The summed E-state index contributed by atoms with van der Waals surface area (Å²) < 4.78 is 7.36. The maximum absolute atomic E-state index is 13.3. The molecule has 3 aromatic rings. The molecule has 4 rings (SSSR count). The van der Waals surface area contributed by atoms with Crippen LogP contribution < -0.4 is 4.90 Å². The average Bonchev–Trinajstić information content (AvgIpc) is 3.65. The molecular formula is C33H49N5O5. The minimum atomic E-state index is -0.905. The third kappa shape index (κ3) is 10.1. The van der Waals surface area contributed by atoms with Crippen molar-refractivity contribution < 1.29 is 24.1 Å². The van der Waals surface area contributed by atoms with Crippen LogP contribution in [-0.4, -0.2) is 65.8 Å². The highest BCUT2D eigenvalue weighted by atomic mass is 17.2. The molecule has 0 saturated heterocycles. The summed E-state index contributed by atoms with van der Waals surface area (Å²) in [7, 11) is 5.57. The first-order valence-corrected chi connectivity index (χ1v) is 15.5. The van der Waals surface area contributed by atoms with Gasteiger partial charge in [-0.2, -0.15) is 4.98 Å². The van der Waals surface area contributed by atoms with Gasteiger partial charge < -0.3 is 9.64 Å². The van der Waals surface area contributed by atoms with Gasteiger partial charge in [-0.15, -0.1) is 5.10 Å². The SMILES string of the molecule is CCOOC.CCc1cc(CCOC(=O)C(Cc2nc3nc(C)cc(C)n3n2)C(=O)CCC2CCCC2)ccc1N(C)C. The monoisotopic (exact) mass is 595 g/mol. The number of ether oxygens (including phenoxy) is 1. The molecule has 0 aliphatic heterocycles. The molecule has 0 bridgehead atoms. The van der Waals surface area contributed by atoms with Crippen molar-refractivity contribution in [1.29, 1.82) is 0 Å². The molecule has 236 valence electrons. The van der Waals surface area contributed by atoms with Crippen molar-refractivity contribution in [2.75, 3.05) is 39.3 Å². The molecule has 1 aliphatic rings. The second-order valence-corrected chi connectivity index (χ2v) is 11.4. The highest BCUT2D eigenvalue weighted by Gasteiger charge is 2.31. The highest BCUT2D eigenvalue weighted by molar-refractivity contribution is 5.99. The van der Waals surface area contributed by atoms with Gasteiger partial charge in [0.1, 0.15) is 11.7 Å². The number of aryl methyl sites for hydroxylation is 3. The standard InChI is InChI=1S/C30H41N5O3.C3H8O2/c1-6-24-18-23(11-13-26(24)34(4)5)15-16-38-29(37)25(27(36)14-12-22-9-7-8-10-22)19-28-32-30-31-20(2)17-21(3)35(30)33-28;1-3-5-4-2/h11,13,17-18,22,25H,6-10,12,14-16,19H2,1-5H3;3H2,1-2H3. The van der Waals surface area contributed by atoms with Crippen LogP contribution in [0, 0.1) is 25.7 Å². The van der Waals surface area contributed by atoms with Crippen LogP contribution in [-0.2, 0) is 43.4 Å². The van der Waals surface area contributed by atoms with E-state index in [1.807, 2.05) is 40.9 Å². The second kappa shape index (κ2) is 17.1. The van der Waals surface area contributed by atoms with Crippen molar-refractivity contribution in [2.45, 2.75) is 85.5 Å². The molecule has 0 N–H and O–H groups in total.